The van der Waals surface area contributed by atoms with Gasteiger partial charge in [0.25, 0.3) is 0 Å². The Balaban J connectivity index is 1.55. The third kappa shape index (κ3) is 4.82. The van der Waals surface area contributed by atoms with Crippen molar-refractivity contribution in [3.8, 4) is 0 Å². The van der Waals surface area contributed by atoms with Gasteiger partial charge in [-0.1, -0.05) is 13.8 Å². The molecule has 1 N–H and O–H groups in total. The molecule has 3 heterocycles. The third-order valence-corrected chi connectivity index (χ3v) is 5.28. The Morgan fingerprint density at radius 1 is 1.16 bits per heavy atom. The van der Waals surface area contributed by atoms with Crippen molar-refractivity contribution >= 4 is 5.91 Å². The van der Waals surface area contributed by atoms with Crippen LogP contribution in [0.2, 0.25) is 0 Å². The predicted octanol–water partition coefficient (Wildman–Crippen LogP) is 1.85. The number of hydrogen-bond acceptors (Lipinski definition) is 4. The molecule has 6 heteroatoms. The fourth-order valence-corrected chi connectivity index (χ4v) is 3.97. The average molecular weight is 348 g/mol. The molecule has 0 aliphatic carbocycles. The highest BCUT2D eigenvalue weighted by atomic mass is 16.2. The molecule has 3 rings (SSSR count). The maximum atomic E-state index is 12.4. The zero-order valence-electron chi connectivity index (χ0n) is 16.0. The second-order valence-electron chi connectivity index (χ2n) is 7.97. The van der Waals surface area contributed by atoms with E-state index >= 15 is 0 Å². The Labute approximate surface area is 151 Å². The van der Waals surface area contributed by atoms with Crippen molar-refractivity contribution in [3.63, 3.8) is 0 Å². The van der Waals surface area contributed by atoms with Crippen LogP contribution in [0.15, 0.2) is 6.07 Å². The van der Waals surface area contributed by atoms with Crippen LogP contribution >= 0.6 is 0 Å². The maximum absolute atomic E-state index is 12.4. The summed E-state index contributed by atoms with van der Waals surface area (Å²) in [5.74, 6) is 0.798. The summed E-state index contributed by atoms with van der Waals surface area (Å²) >= 11 is 0. The zero-order chi connectivity index (χ0) is 17.8. The Morgan fingerprint density at radius 3 is 2.64 bits per heavy atom. The molecule has 1 atom stereocenters. The molecule has 0 unspecified atom stereocenters. The van der Waals surface area contributed by atoms with Gasteiger partial charge in [0, 0.05) is 26.2 Å². The van der Waals surface area contributed by atoms with E-state index in [0.717, 1.165) is 51.4 Å². The van der Waals surface area contributed by atoms with Crippen molar-refractivity contribution in [2.75, 3.05) is 26.2 Å². The van der Waals surface area contributed by atoms with E-state index in [-0.39, 0.29) is 11.9 Å². The summed E-state index contributed by atoms with van der Waals surface area (Å²) in [6.07, 6.45) is 3.55. The Hall–Kier alpha value is -1.40. The van der Waals surface area contributed by atoms with E-state index in [9.17, 15) is 4.79 Å². The second-order valence-corrected chi connectivity index (χ2v) is 7.97. The van der Waals surface area contributed by atoms with Gasteiger partial charge in [-0.15, -0.1) is 0 Å². The van der Waals surface area contributed by atoms with Crippen molar-refractivity contribution in [1.82, 2.24) is 24.9 Å². The van der Waals surface area contributed by atoms with E-state index in [1.54, 1.807) is 0 Å². The summed E-state index contributed by atoms with van der Waals surface area (Å²) in [5, 5.41) is 7.79. The summed E-state index contributed by atoms with van der Waals surface area (Å²) in [5.41, 5.74) is 2.25. The van der Waals surface area contributed by atoms with Gasteiger partial charge in [-0.2, -0.15) is 5.10 Å². The lowest BCUT2D eigenvalue weighted by Crippen LogP contribution is -2.43. The molecule has 2 aliphatic heterocycles. The largest absolute Gasteiger partial charge is 0.349 e. The van der Waals surface area contributed by atoms with E-state index in [1.807, 2.05) is 6.92 Å². The molecule has 0 spiro atoms. The molecule has 1 saturated heterocycles. The van der Waals surface area contributed by atoms with E-state index in [2.05, 4.69) is 39.7 Å². The van der Waals surface area contributed by atoms with Crippen LogP contribution < -0.4 is 5.32 Å². The van der Waals surface area contributed by atoms with Crippen molar-refractivity contribution in [3.05, 3.63) is 17.5 Å². The number of fused-ring (bicyclic) bond motifs is 1. The van der Waals surface area contributed by atoms with Crippen LogP contribution in [0.5, 0.6) is 0 Å². The van der Waals surface area contributed by atoms with Crippen molar-refractivity contribution < 1.29 is 4.79 Å². The summed E-state index contributed by atoms with van der Waals surface area (Å²) in [6.45, 7) is 13.4. The number of nitrogens with one attached hydrogen (secondary N) is 1. The van der Waals surface area contributed by atoms with E-state index in [0.29, 0.717) is 12.5 Å². The van der Waals surface area contributed by atoms with Gasteiger partial charge in [-0.05, 0) is 51.3 Å². The topological polar surface area (TPSA) is 53.4 Å². The fourth-order valence-electron chi connectivity index (χ4n) is 3.97. The number of rotatable bonds is 6. The number of carbonyl (C=O) groups excluding carboxylic acids is 1. The van der Waals surface area contributed by atoms with Gasteiger partial charge < -0.3 is 5.32 Å². The average Bonchev–Trinajstić information content (AvgIpc) is 3.18. The molecular weight excluding hydrogens is 314 g/mol. The molecule has 140 valence electrons. The monoisotopic (exact) mass is 347 g/mol. The highest BCUT2D eigenvalue weighted by molar-refractivity contribution is 5.81. The molecule has 0 radical (unpaired) electrons. The first kappa shape index (κ1) is 18.4. The number of nitrogens with zero attached hydrogens (tertiary/aromatic N) is 4. The molecule has 2 aliphatic rings. The molecule has 1 fully saturated rings. The zero-order valence-corrected chi connectivity index (χ0v) is 16.0. The van der Waals surface area contributed by atoms with Crippen LogP contribution in [0.1, 0.15) is 51.4 Å². The van der Waals surface area contributed by atoms with Gasteiger partial charge in [0.05, 0.1) is 24.0 Å². The Morgan fingerprint density at radius 2 is 1.92 bits per heavy atom. The normalized spacial score (nSPS) is 20.5. The van der Waals surface area contributed by atoms with Crippen LogP contribution in [-0.4, -0.2) is 57.7 Å². The molecule has 1 aromatic heterocycles. The van der Waals surface area contributed by atoms with Crippen LogP contribution in [0.25, 0.3) is 0 Å². The first-order valence-corrected chi connectivity index (χ1v) is 9.82. The summed E-state index contributed by atoms with van der Waals surface area (Å²) in [6, 6.07) is 2.13. The molecule has 0 saturated carbocycles. The van der Waals surface area contributed by atoms with Crippen molar-refractivity contribution in [2.24, 2.45) is 5.92 Å². The molecule has 1 amide bonds. The number of likely N-dealkylation sites (tertiary alicyclic amines) is 1. The number of amides is 1. The van der Waals surface area contributed by atoms with E-state index in [4.69, 9.17) is 5.10 Å². The molecule has 0 bridgehead atoms. The van der Waals surface area contributed by atoms with Gasteiger partial charge in [0.15, 0.2) is 0 Å². The standard InChI is InChI=1S/C19H33N5O/c1-15(2)13-22-7-6-10-24-18(14-22)11-17(21-24)12-20-19(25)16(3)23-8-4-5-9-23/h11,15-16H,4-10,12-14H2,1-3H3,(H,20,25)/t16-/m0/s1. The molecular formula is C19H33N5O. The molecule has 1 aromatic rings. The number of aromatic nitrogens is 2. The van der Waals surface area contributed by atoms with E-state index in [1.165, 1.54) is 18.5 Å². The fraction of sp³-hybridized carbons (Fsp3) is 0.789. The van der Waals surface area contributed by atoms with Gasteiger partial charge in [0.1, 0.15) is 0 Å². The molecule has 0 aromatic carbocycles. The van der Waals surface area contributed by atoms with Gasteiger partial charge >= 0.3 is 0 Å². The third-order valence-electron chi connectivity index (χ3n) is 5.28. The molecule has 6 nitrogen and oxygen atoms in total. The summed E-state index contributed by atoms with van der Waals surface area (Å²) in [7, 11) is 0. The minimum atomic E-state index is -0.0375. The molecule has 25 heavy (non-hydrogen) atoms. The quantitative estimate of drug-likeness (QED) is 0.853. The predicted molar refractivity (Wildman–Crippen MR) is 99.1 cm³/mol. The van der Waals surface area contributed by atoms with Gasteiger partial charge in [-0.25, -0.2) is 0 Å². The van der Waals surface area contributed by atoms with Gasteiger partial charge in [-0.3, -0.25) is 19.3 Å². The van der Waals surface area contributed by atoms with Crippen LogP contribution in [-0.2, 0) is 24.4 Å². The smallest absolute Gasteiger partial charge is 0.237 e. The number of hydrogen-bond donors (Lipinski definition) is 1. The SMILES string of the molecule is CC(C)CN1CCCn2nc(CNC(=O)[C@H](C)N3CCCC3)cc2C1. The lowest BCUT2D eigenvalue weighted by Gasteiger charge is -2.22. The van der Waals surface area contributed by atoms with Crippen LogP contribution in [0.4, 0.5) is 0 Å². The minimum absolute atomic E-state index is 0.0375. The highest BCUT2D eigenvalue weighted by Gasteiger charge is 2.24. The summed E-state index contributed by atoms with van der Waals surface area (Å²) < 4.78 is 2.13. The Kier molecular flexibility index (Phi) is 6.12. The van der Waals surface area contributed by atoms with Gasteiger partial charge in [0.2, 0.25) is 5.91 Å². The number of aryl methyl sites for hydroxylation is 1. The maximum Gasteiger partial charge on any atom is 0.237 e. The first-order valence-electron chi connectivity index (χ1n) is 9.82. The van der Waals surface area contributed by atoms with Crippen LogP contribution in [0, 0.1) is 5.92 Å². The second kappa shape index (κ2) is 8.32. The van der Waals surface area contributed by atoms with Crippen LogP contribution in [0.3, 0.4) is 0 Å². The van der Waals surface area contributed by atoms with E-state index < -0.39 is 0 Å². The number of carbonyl (C=O) groups is 1. The lowest BCUT2D eigenvalue weighted by atomic mass is 10.2. The lowest BCUT2D eigenvalue weighted by molar-refractivity contribution is -0.125. The first-order chi connectivity index (χ1) is 12.0. The highest BCUT2D eigenvalue weighted by Crippen LogP contribution is 2.15. The summed E-state index contributed by atoms with van der Waals surface area (Å²) in [4.78, 5) is 17.2. The minimum Gasteiger partial charge on any atom is -0.349 e. The Bertz CT molecular complexity index is 576. The van der Waals surface area contributed by atoms with Crippen molar-refractivity contribution in [2.45, 2.75) is 65.7 Å². The van der Waals surface area contributed by atoms with Crippen molar-refractivity contribution in [1.29, 1.82) is 0 Å².